The highest BCUT2D eigenvalue weighted by Crippen LogP contribution is 2.14. The first-order valence-corrected chi connectivity index (χ1v) is 5.19. The maximum absolute atomic E-state index is 11.3. The van der Waals surface area contributed by atoms with Gasteiger partial charge in [0.25, 0.3) is 5.91 Å². The quantitative estimate of drug-likeness (QED) is 0.469. The van der Waals surface area contributed by atoms with Gasteiger partial charge in [0.2, 0.25) is 0 Å². The molecule has 2 rings (SSSR count). The Kier molecular flexibility index (Phi) is 3.30. The van der Waals surface area contributed by atoms with Gasteiger partial charge in [-0.2, -0.15) is 0 Å². The summed E-state index contributed by atoms with van der Waals surface area (Å²) in [5.74, 6) is 2.58. The summed E-state index contributed by atoms with van der Waals surface area (Å²) in [5, 5.41) is 4.53. The molecule has 1 aliphatic rings. The number of carbonyl (C=O) groups is 2. The fraction of sp³-hybridized carbons (Fsp3) is 0.0769. The zero-order valence-corrected chi connectivity index (χ0v) is 9.40. The molecule has 0 unspecified atom stereocenters. The van der Waals surface area contributed by atoms with Crippen molar-refractivity contribution in [2.24, 2.45) is 0 Å². The number of benzene rings is 1. The number of ether oxygens (including phenoxy) is 1. The van der Waals surface area contributed by atoms with Crippen molar-refractivity contribution in [1.29, 1.82) is 0 Å². The van der Waals surface area contributed by atoms with E-state index in [4.69, 9.17) is 11.2 Å². The minimum Gasteiger partial charge on any atom is -0.481 e. The van der Waals surface area contributed by atoms with E-state index in [-0.39, 0.29) is 12.3 Å². The van der Waals surface area contributed by atoms with Crippen LogP contribution < -0.4 is 15.4 Å². The highest BCUT2D eigenvalue weighted by atomic mass is 16.5. The van der Waals surface area contributed by atoms with Crippen molar-refractivity contribution in [3.05, 3.63) is 35.5 Å². The molecule has 3 amide bonds. The molecule has 90 valence electrons. The fourth-order valence-electron chi connectivity index (χ4n) is 1.43. The molecule has 1 aliphatic heterocycles. The van der Waals surface area contributed by atoms with E-state index >= 15 is 0 Å². The molecular formula is C13H10N2O3. The Hall–Kier alpha value is -2.74. The van der Waals surface area contributed by atoms with Crippen LogP contribution >= 0.6 is 0 Å². The monoisotopic (exact) mass is 242 g/mol. The smallest absolute Gasteiger partial charge is 0.326 e. The second-order valence-corrected chi connectivity index (χ2v) is 3.53. The Morgan fingerprint density at radius 2 is 1.94 bits per heavy atom. The highest BCUT2D eigenvalue weighted by molar-refractivity contribution is 6.13. The summed E-state index contributed by atoms with van der Waals surface area (Å²) >= 11 is 0. The van der Waals surface area contributed by atoms with Gasteiger partial charge in [-0.05, 0) is 23.8 Å². The molecule has 1 aromatic carbocycles. The number of urea groups is 1. The van der Waals surface area contributed by atoms with E-state index < -0.39 is 11.9 Å². The third-order valence-electron chi connectivity index (χ3n) is 2.23. The first-order chi connectivity index (χ1) is 8.69. The lowest BCUT2D eigenvalue weighted by atomic mass is 10.2. The Bertz CT molecular complexity index is 553. The molecule has 1 aromatic rings. The van der Waals surface area contributed by atoms with Crippen LogP contribution in [0.4, 0.5) is 4.79 Å². The van der Waals surface area contributed by atoms with E-state index in [1.165, 1.54) is 0 Å². The van der Waals surface area contributed by atoms with Crippen LogP contribution in [0, 0.1) is 12.3 Å². The maximum atomic E-state index is 11.3. The van der Waals surface area contributed by atoms with Gasteiger partial charge >= 0.3 is 6.03 Å². The predicted molar refractivity (Wildman–Crippen MR) is 65.4 cm³/mol. The summed E-state index contributed by atoms with van der Waals surface area (Å²) in [4.78, 5) is 22.2. The third kappa shape index (κ3) is 2.68. The third-order valence-corrected chi connectivity index (χ3v) is 2.23. The molecule has 1 heterocycles. The summed E-state index contributed by atoms with van der Waals surface area (Å²) in [6.45, 7) is 0.207. The molecule has 0 aromatic heterocycles. The minimum absolute atomic E-state index is 0.207. The first kappa shape index (κ1) is 11.7. The molecule has 0 saturated carbocycles. The van der Waals surface area contributed by atoms with Gasteiger partial charge in [-0.25, -0.2) is 4.79 Å². The van der Waals surface area contributed by atoms with Crippen molar-refractivity contribution in [3.8, 4) is 18.1 Å². The molecule has 1 saturated heterocycles. The Morgan fingerprint density at radius 1 is 1.22 bits per heavy atom. The largest absolute Gasteiger partial charge is 0.481 e. The number of rotatable bonds is 3. The van der Waals surface area contributed by atoms with Crippen molar-refractivity contribution in [2.45, 2.75) is 0 Å². The van der Waals surface area contributed by atoms with Gasteiger partial charge in [-0.1, -0.05) is 18.1 Å². The maximum Gasteiger partial charge on any atom is 0.326 e. The molecule has 1 fully saturated rings. The zero-order chi connectivity index (χ0) is 13.0. The molecule has 0 bridgehead atoms. The summed E-state index contributed by atoms with van der Waals surface area (Å²) in [7, 11) is 0. The zero-order valence-electron chi connectivity index (χ0n) is 9.40. The minimum atomic E-state index is -0.514. The van der Waals surface area contributed by atoms with Crippen LogP contribution in [0.2, 0.25) is 0 Å². The van der Waals surface area contributed by atoms with Gasteiger partial charge in [0.15, 0.2) is 0 Å². The van der Waals surface area contributed by atoms with E-state index in [0.29, 0.717) is 5.75 Å². The molecule has 2 N–H and O–H groups in total. The van der Waals surface area contributed by atoms with Crippen molar-refractivity contribution < 1.29 is 14.3 Å². The van der Waals surface area contributed by atoms with Gasteiger partial charge < -0.3 is 10.1 Å². The summed E-state index contributed by atoms with van der Waals surface area (Å²) < 4.78 is 5.21. The van der Waals surface area contributed by atoms with Crippen LogP contribution in [0.1, 0.15) is 5.56 Å². The van der Waals surface area contributed by atoms with Crippen LogP contribution in [0.3, 0.4) is 0 Å². The van der Waals surface area contributed by atoms with E-state index in [0.717, 1.165) is 5.56 Å². The normalized spacial score (nSPS) is 16.1. The van der Waals surface area contributed by atoms with Gasteiger partial charge in [-0.3, -0.25) is 10.1 Å². The number of nitrogens with one attached hydrogen (secondary N) is 2. The molecule has 18 heavy (non-hydrogen) atoms. The number of carbonyl (C=O) groups excluding carboxylic acids is 2. The van der Waals surface area contributed by atoms with Crippen molar-refractivity contribution >= 4 is 18.0 Å². The van der Waals surface area contributed by atoms with Crippen molar-refractivity contribution in [3.63, 3.8) is 0 Å². The average Bonchev–Trinajstić information content (AvgIpc) is 2.67. The van der Waals surface area contributed by atoms with Gasteiger partial charge in [0, 0.05) is 0 Å². The van der Waals surface area contributed by atoms with Crippen LogP contribution in [-0.2, 0) is 4.79 Å². The number of terminal acetylenes is 1. The van der Waals surface area contributed by atoms with Crippen LogP contribution in [-0.4, -0.2) is 18.5 Å². The Labute approximate surface area is 104 Å². The second-order valence-electron chi connectivity index (χ2n) is 3.53. The predicted octanol–water partition coefficient (Wildman–Crippen LogP) is 0.879. The average molecular weight is 242 g/mol. The number of imide groups is 1. The van der Waals surface area contributed by atoms with E-state index in [1.807, 2.05) is 0 Å². The molecular weight excluding hydrogens is 232 g/mol. The summed E-state index contributed by atoms with van der Waals surface area (Å²) in [6, 6.07) is 6.48. The van der Waals surface area contributed by atoms with Crippen molar-refractivity contribution in [1.82, 2.24) is 10.6 Å². The van der Waals surface area contributed by atoms with E-state index in [9.17, 15) is 9.59 Å². The lowest BCUT2D eigenvalue weighted by Crippen LogP contribution is -2.22. The van der Waals surface area contributed by atoms with E-state index in [2.05, 4.69) is 16.6 Å². The Balaban J connectivity index is 2.11. The lowest BCUT2D eigenvalue weighted by Gasteiger charge is -2.02. The van der Waals surface area contributed by atoms with Gasteiger partial charge in [0.05, 0.1) is 0 Å². The van der Waals surface area contributed by atoms with E-state index in [1.54, 1.807) is 30.3 Å². The molecule has 0 aliphatic carbocycles. The lowest BCUT2D eigenvalue weighted by molar-refractivity contribution is -0.115. The van der Waals surface area contributed by atoms with Crippen molar-refractivity contribution in [2.75, 3.05) is 6.61 Å². The van der Waals surface area contributed by atoms with Gasteiger partial charge in [-0.15, -0.1) is 6.42 Å². The standard InChI is InChI=1S/C13H10N2O3/c1-2-7-18-10-5-3-9(4-6-10)8-11-12(16)15-13(17)14-11/h1,3-6,8H,7H2,(H2,14,15,16,17)/b11-8-. The highest BCUT2D eigenvalue weighted by Gasteiger charge is 2.22. The summed E-state index contributed by atoms with van der Waals surface area (Å²) in [6.07, 6.45) is 6.65. The van der Waals surface area contributed by atoms with Crippen LogP contribution in [0.15, 0.2) is 30.0 Å². The fourth-order valence-corrected chi connectivity index (χ4v) is 1.43. The molecule has 0 spiro atoms. The molecule has 5 heteroatoms. The first-order valence-electron chi connectivity index (χ1n) is 5.19. The second kappa shape index (κ2) is 5.06. The molecule has 0 atom stereocenters. The number of hydrogen-bond donors (Lipinski definition) is 2. The number of amides is 3. The van der Waals surface area contributed by atoms with Crippen LogP contribution in [0.25, 0.3) is 6.08 Å². The molecule has 5 nitrogen and oxygen atoms in total. The SMILES string of the molecule is C#CCOc1ccc(/C=C2\NC(=O)NC2=O)cc1. The topological polar surface area (TPSA) is 67.4 Å². The molecule has 0 radical (unpaired) electrons. The van der Waals surface area contributed by atoms with Crippen LogP contribution in [0.5, 0.6) is 5.75 Å². The number of hydrogen-bond acceptors (Lipinski definition) is 3. The van der Waals surface area contributed by atoms with Gasteiger partial charge in [0.1, 0.15) is 18.1 Å². The Morgan fingerprint density at radius 3 is 2.50 bits per heavy atom. The summed E-state index contributed by atoms with van der Waals surface area (Å²) in [5.41, 5.74) is 0.993.